The van der Waals surface area contributed by atoms with E-state index in [4.69, 9.17) is 9.47 Å². The van der Waals surface area contributed by atoms with E-state index in [1.807, 2.05) is 18.3 Å². The van der Waals surface area contributed by atoms with E-state index in [-0.39, 0.29) is 6.29 Å². The van der Waals surface area contributed by atoms with E-state index < -0.39 is 0 Å². The molecule has 0 radical (unpaired) electrons. The van der Waals surface area contributed by atoms with Gasteiger partial charge in [0.1, 0.15) is 0 Å². The number of hydrogen-bond acceptors (Lipinski definition) is 4. The molecule has 0 N–H and O–H groups in total. The predicted octanol–water partition coefficient (Wildman–Crippen LogP) is 1.31. The van der Waals surface area contributed by atoms with Crippen molar-refractivity contribution in [2.75, 3.05) is 13.2 Å². The molecular formula is C11H11N3O2. The molecule has 0 spiro atoms. The number of hydrogen-bond donors (Lipinski definition) is 0. The summed E-state index contributed by atoms with van der Waals surface area (Å²) in [4.78, 5) is 4.16. The smallest absolute Gasteiger partial charge is 0.185 e. The van der Waals surface area contributed by atoms with Crippen LogP contribution >= 0.6 is 0 Å². The van der Waals surface area contributed by atoms with Crippen molar-refractivity contribution in [2.24, 2.45) is 0 Å². The Bertz CT molecular complexity index is 464. The lowest BCUT2D eigenvalue weighted by Crippen LogP contribution is -2.02. The number of rotatable bonds is 2. The van der Waals surface area contributed by atoms with Gasteiger partial charge in [-0.1, -0.05) is 0 Å². The van der Waals surface area contributed by atoms with Gasteiger partial charge >= 0.3 is 0 Å². The van der Waals surface area contributed by atoms with Crippen LogP contribution in [0, 0.1) is 0 Å². The standard InChI is InChI=1S/C11H11N3O2/c1-2-13-14(3-1)10-6-9(7-12-8-10)11-15-4-5-16-11/h1-3,6-8,11H,4-5H2. The van der Waals surface area contributed by atoms with Crippen molar-refractivity contribution < 1.29 is 9.47 Å². The Morgan fingerprint density at radius 3 is 2.88 bits per heavy atom. The molecule has 0 bridgehead atoms. The van der Waals surface area contributed by atoms with Gasteiger partial charge in [0.15, 0.2) is 6.29 Å². The molecule has 0 saturated carbocycles. The summed E-state index contributed by atoms with van der Waals surface area (Å²) < 4.78 is 12.6. The van der Waals surface area contributed by atoms with Gasteiger partial charge in [0.05, 0.1) is 25.1 Å². The predicted molar refractivity (Wildman–Crippen MR) is 56.0 cm³/mol. The summed E-state index contributed by atoms with van der Waals surface area (Å²) in [6.07, 6.45) is 6.82. The topological polar surface area (TPSA) is 49.2 Å². The highest BCUT2D eigenvalue weighted by atomic mass is 16.7. The van der Waals surface area contributed by atoms with Gasteiger partial charge in [-0.25, -0.2) is 4.68 Å². The van der Waals surface area contributed by atoms with Gasteiger partial charge in [0, 0.05) is 24.2 Å². The molecule has 1 saturated heterocycles. The first-order valence-corrected chi connectivity index (χ1v) is 5.12. The Hall–Kier alpha value is -1.72. The minimum absolute atomic E-state index is 0.289. The van der Waals surface area contributed by atoms with Crippen LogP contribution in [0.4, 0.5) is 0 Å². The summed E-state index contributed by atoms with van der Waals surface area (Å²) in [6.45, 7) is 1.27. The second-order valence-corrected chi connectivity index (χ2v) is 3.50. The summed E-state index contributed by atoms with van der Waals surface area (Å²) >= 11 is 0. The first-order valence-electron chi connectivity index (χ1n) is 5.12. The first-order chi connectivity index (χ1) is 7.93. The molecule has 0 atom stereocenters. The highest BCUT2D eigenvalue weighted by Crippen LogP contribution is 2.23. The third kappa shape index (κ3) is 1.70. The SMILES string of the molecule is c1cnn(-c2cncc(C3OCCO3)c2)c1. The second-order valence-electron chi connectivity index (χ2n) is 3.50. The Kier molecular flexibility index (Phi) is 2.40. The summed E-state index contributed by atoms with van der Waals surface area (Å²) in [6, 6.07) is 3.84. The molecule has 0 aliphatic carbocycles. The van der Waals surface area contributed by atoms with Crippen LogP contribution in [0.3, 0.4) is 0 Å². The number of nitrogens with zero attached hydrogens (tertiary/aromatic N) is 3. The fraction of sp³-hybridized carbons (Fsp3) is 0.273. The van der Waals surface area contributed by atoms with Crippen LogP contribution in [0.1, 0.15) is 11.9 Å². The van der Waals surface area contributed by atoms with E-state index >= 15 is 0 Å². The highest BCUT2D eigenvalue weighted by molar-refractivity contribution is 5.31. The van der Waals surface area contributed by atoms with Crippen LogP contribution in [0.15, 0.2) is 36.9 Å². The van der Waals surface area contributed by atoms with Crippen LogP contribution in [-0.2, 0) is 9.47 Å². The number of ether oxygens (including phenoxy) is 2. The third-order valence-corrected chi connectivity index (χ3v) is 2.41. The Morgan fingerprint density at radius 2 is 2.12 bits per heavy atom. The van der Waals surface area contributed by atoms with Crippen molar-refractivity contribution in [3.63, 3.8) is 0 Å². The largest absolute Gasteiger partial charge is 0.346 e. The zero-order chi connectivity index (χ0) is 10.8. The quantitative estimate of drug-likeness (QED) is 0.761. The molecule has 3 heterocycles. The van der Waals surface area contributed by atoms with E-state index in [0.29, 0.717) is 13.2 Å². The van der Waals surface area contributed by atoms with Crippen molar-refractivity contribution in [2.45, 2.75) is 6.29 Å². The minimum Gasteiger partial charge on any atom is -0.346 e. The molecule has 1 aliphatic heterocycles. The maximum Gasteiger partial charge on any atom is 0.185 e. The molecule has 82 valence electrons. The minimum atomic E-state index is -0.289. The highest BCUT2D eigenvalue weighted by Gasteiger charge is 2.18. The fourth-order valence-corrected chi connectivity index (χ4v) is 1.67. The molecule has 3 rings (SSSR count). The molecule has 1 aliphatic rings. The van der Waals surface area contributed by atoms with Gasteiger partial charge in [-0.05, 0) is 12.1 Å². The van der Waals surface area contributed by atoms with Crippen molar-refractivity contribution in [3.8, 4) is 5.69 Å². The van der Waals surface area contributed by atoms with Crippen LogP contribution in [0.2, 0.25) is 0 Å². The van der Waals surface area contributed by atoms with E-state index in [9.17, 15) is 0 Å². The monoisotopic (exact) mass is 217 g/mol. The molecule has 2 aromatic rings. The molecule has 0 aromatic carbocycles. The summed E-state index contributed by atoms with van der Waals surface area (Å²) in [5, 5.41) is 4.15. The van der Waals surface area contributed by atoms with Crippen LogP contribution < -0.4 is 0 Å². The van der Waals surface area contributed by atoms with Gasteiger partial charge in [0.25, 0.3) is 0 Å². The van der Waals surface area contributed by atoms with Crippen LogP contribution in [0.5, 0.6) is 0 Å². The van der Waals surface area contributed by atoms with Crippen molar-refractivity contribution in [1.29, 1.82) is 0 Å². The average molecular weight is 217 g/mol. The Labute approximate surface area is 92.6 Å². The normalized spacial score (nSPS) is 16.8. The third-order valence-electron chi connectivity index (χ3n) is 2.41. The summed E-state index contributed by atoms with van der Waals surface area (Å²) in [5.74, 6) is 0. The molecule has 0 amide bonds. The average Bonchev–Trinajstić information content (AvgIpc) is 3.03. The maximum atomic E-state index is 5.42. The van der Waals surface area contributed by atoms with Gasteiger partial charge in [-0.3, -0.25) is 4.98 Å². The zero-order valence-electron chi connectivity index (χ0n) is 8.61. The Morgan fingerprint density at radius 1 is 1.25 bits per heavy atom. The lowest BCUT2D eigenvalue weighted by Gasteiger charge is -2.10. The van der Waals surface area contributed by atoms with Gasteiger partial charge in [-0.15, -0.1) is 0 Å². The maximum absolute atomic E-state index is 5.42. The number of aromatic nitrogens is 3. The molecule has 1 fully saturated rings. The lowest BCUT2D eigenvalue weighted by atomic mass is 10.2. The van der Waals surface area contributed by atoms with E-state index in [0.717, 1.165) is 11.3 Å². The van der Waals surface area contributed by atoms with Gasteiger partial charge < -0.3 is 9.47 Å². The first kappa shape index (κ1) is 9.50. The summed E-state index contributed by atoms with van der Waals surface area (Å²) in [5.41, 5.74) is 1.83. The van der Waals surface area contributed by atoms with Crippen LogP contribution in [-0.4, -0.2) is 28.0 Å². The van der Waals surface area contributed by atoms with Gasteiger partial charge in [0.2, 0.25) is 0 Å². The zero-order valence-corrected chi connectivity index (χ0v) is 8.61. The molecule has 5 heteroatoms. The van der Waals surface area contributed by atoms with Crippen molar-refractivity contribution >= 4 is 0 Å². The van der Waals surface area contributed by atoms with E-state index in [2.05, 4.69) is 10.1 Å². The van der Waals surface area contributed by atoms with Gasteiger partial charge in [-0.2, -0.15) is 5.10 Å². The molecule has 2 aromatic heterocycles. The number of pyridine rings is 1. The lowest BCUT2D eigenvalue weighted by molar-refractivity contribution is -0.0443. The molecule has 16 heavy (non-hydrogen) atoms. The molecular weight excluding hydrogens is 206 g/mol. The van der Waals surface area contributed by atoms with Crippen molar-refractivity contribution in [1.82, 2.24) is 14.8 Å². The van der Waals surface area contributed by atoms with E-state index in [1.54, 1.807) is 23.3 Å². The molecule has 0 unspecified atom stereocenters. The Balaban J connectivity index is 1.93. The van der Waals surface area contributed by atoms with Crippen LogP contribution in [0.25, 0.3) is 5.69 Å². The molecule has 5 nitrogen and oxygen atoms in total. The van der Waals surface area contributed by atoms with Crippen molar-refractivity contribution in [3.05, 3.63) is 42.5 Å². The second kappa shape index (κ2) is 4.03. The fourth-order valence-electron chi connectivity index (χ4n) is 1.67. The summed E-state index contributed by atoms with van der Waals surface area (Å²) in [7, 11) is 0. The van der Waals surface area contributed by atoms with E-state index in [1.165, 1.54) is 0 Å².